The molecule has 0 radical (unpaired) electrons. The molecule has 1 aromatic rings. The van der Waals surface area contributed by atoms with Gasteiger partial charge in [-0.05, 0) is 43.2 Å². The molecule has 2 aliphatic carbocycles. The van der Waals surface area contributed by atoms with E-state index in [2.05, 4.69) is 35.8 Å². The highest BCUT2D eigenvalue weighted by atomic mass is 79.9. The summed E-state index contributed by atoms with van der Waals surface area (Å²) < 4.78 is 0. The second kappa shape index (κ2) is 5.28. The Hall–Kier alpha value is 0.180. The maximum atomic E-state index is 4.08. The minimum absolute atomic E-state index is 0.617. The van der Waals surface area contributed by atoms with Gasteiger partial charge in [0.15, 0.2) is 0 Å². The van der Waals surface area contributed by atoms with Crippen LogP contribution in [0.3, 0.4) is 0 Å². The Labute approximate surface area is 123 Å². The maximum Gasteiger partial charge on any atom is 0.0525 e. The molecule has 0 aliphatic heterocycles. The Morgan fingerprint density at radius 3 is 2.00 bits per heavy atom. The second-order valence-corrected chi connectivity index (χ2v) is 8.54. The Kier molecular flexibility index (Phi) is 3.87. The molecular formula is C16H23BrS. The van der Waals surface area contributed by atoms with Gasteiger partial charge in [-0.25, -0.2) is 0 Å². The quantitative estimate of drug-likeness (QED) is 0.593. The van der Waals surface area contributed by atoms with Gasteiger partial charge in [0.2, 0.25) is 0 Å². The minimum Gasteiger partial charge on any atom is -0.144 e. The van der Waals surface area contributed by atoms with Crippen LogP contribution >= 0.6 is 27.3 Å². The van der Waals surface area contributed by atoms with Crippen LogP contribution in [0.25, 0.3) is 0 Å². The Morgan fingerprint density at radius 1 is 1.11 bits per heavy atom. The number of aryl methyl sites for hydroxylation is 2. The molecule has 3 rings (SSSR count). The molecule has 0 spiro atoms. The molecule has 2 heteroatoms. The summed E-state index contributed by atoms with van der Waals surface area (Å²) in [7, 11) is 0. The largest absolute Gasteiger partial charge is 0.144 e. The third-order valence-corrected chi connectivity index (χ3v) is 7.66. The smallest absolute Gasteiger partial charge is 0.0525 e. The van der Waals surface area contributed by atoms with E-state index >= 15 is 0 Å². The van der Waals surface area contributed by atoms with Crippen molar-refractivity contribution in [1.82, 2.24) is 0 Å². The average Bonchev–Trinajstić information content (AvgIpc) is 2.50. The minimum atomic E-state index is 0.617. The summed E-state index contributed by atoms with van der Waals surface area (Å²) in [5.74, 6) is 2.91. The van der Waals surface area contributed by atoms with Crippen LogP contribution in [0, 0.1) is 31.6 Å². The Morgan fingerprint density at radius 2 is 1.67 bits per heavy atom. The standard InChI is InChI=1S/C16H23BrS/c1-10-9-11(2)18-16(10)15(17)14(12-5-3-6-12)13-7-4-8-13/h9,12-15H,3-8H2,1-2H3. The summed E-state index contributed by atoms with van der Waals surface area (Å²) in [4.78, 5) is 3.69. The zero-order chi connectivity index (χ0) is 12.7. The summed E-state index contributed by atoms with van der Waals surface area (Å²) in [5.41, 5.74) is 1.50. The van der Waals surface area contributed by atoms with Crippen molar-refractivity contribution in [3.63, 3.8) is 0 Å². The summed E-state index contributed by atoms with van der Waals surface area (Å²) in [5, 5.41) is 0. The van der Waals surface area contributed by atoms with Crippen molar-refractivity contribution in [2.75, 3.05) is 0 Å². The topological polar surface area (TPSA) is 0 Å². The second-order valence-electron chi connectivity index (χ2n) is 6.27. The van der Waals surface area contributed by atoms with E-state index in [4.69, 9.17) is 0 Å². The highest BCUT2D eigenvalue weighted by Gasteiger charge is 2.41. The molecule has 2 fully saturated rings. The van der Waals surface area contributed by atoms with Crippen LogP contribution in [0.4, 0.5) is 0 Å². The van der Waals surface area contributed by atoms with E-state index in [9.17, 15) is 0 Å². The van der Waals surface area contributed by atoms with Crippen LogP contribution in [-0.2, 0) is 0 Å². The number of rotatable bonds is 4. The van der Waals surface area contributed by atoms with Gasteiger partial charge < -0.3 is 0 Å². The van der Waals surface area contributed by atoms with E-state index in [0.29, 0.717) is 4.83 Å². The van der Waals surface area contributed by atoms with Crippen molar-refractivity contribution in [2.24, 2.45) is 17.8 Å². The van der Waals surface area contributed by atoms with E-state index in [1.165, 1.54) is 49.0 Å². The number of hydrogen-bond donors (Lipinski definition) is 0. The summed E-state index contributed by atoms with van der Waals surface area (Å²) >= 11 is 6.09. The maximum absolute atomic E-state index is 4.08. The van der Waals surface area contributed by atoms with E-state index in [0.717, 1.165) is 17.8 Å². The molecule has 0 amide bonds. The monoisotopic (exact) mass is 326 g/mol. The lowest BCUT2D eigenvalue weighted by atomic mass is 9.63. The van der Waals surface area contributed by atoms with Crippen molar-refractivity contribution >= 4 is 27.3 Å². The molecule has 0 N–H and O–H groups in total. The molecule has 100 valence electrons. The van der Waals surface area contributed by atoms with Crippen molar-refractivity contribution < 1.29 is 0 Å². The molecule has 1 aromatic heterocycles. The summed E-state index contributed by atoms with van der Waals surface area (Å²) in [6.07, 6.45) is 8.85. The van der Waals surface area contributed by atoms with Crippen molar-refractivity contribution in [2.45, 2.75) is 57.2 Å². The fourth-order valence-electron chi connectivity index (χ4n) is 3.62. The first-order valence-electron chi connectivity index (χ1n) is 7.38. The van der Waals surface area contributed by atoms with Crippen LogP contribution in [0.1, 0.15) is 58.7 Å². The van der Waals surface area contributed by atoms with Crippen LogP contribution in [0.5, 0.6) is 0 Å². The lowest BCUT2D eigenvalue weighted by molar-refractivity contribution is 0.0925. The number of halogens is 1. The first-order valence-corrected chi connectivity index (χ1v) is 9.11. The van der Waals surface area contributed by atoms with Gasteiger partial charge in [-0.3, -0.25) is 0 Å². The molecule has 0 nitrogen and oxygen atoms in total. The fourth-order valence-corrected chi connectivity index (χ4v) is 6.20. The van der Waals surface area contributed by atoms with Gasteiger partial charge in [0.1, 0.15) is 0 Å². The fraction of sp³-hybridized carbons (Fsp3) is 0.750. The Bertz CT molecular complexity index is 401. The van der Waals surface area contributed by atoms with Gasteiger partial charge in [0.25, 0.3) is 0 Å². The van der Waals surface area contributed by atoms with E-state index in [1.54, 1.807) is 4.88 Å². The lowest BCUT2D eigenvalue weighted by Crippen LogP contribution is -2.34. The highest BCUT2D eigenvalue weighted by molar-refractivity contribution is 9.09. The van der Waals surface area contributed by atoms with Crippen LogP contribution in [0.2, 0.25) is 0 Å². The van der Waals surface area contributed by atoms with Gasteiger partial charge in [-0.15, -0.1) is 11.3 Å². The number of hydrogen-bond acceptors (Lipinski definition) is 1. The third-order valence-electron chi connectivity index (χ3n) is 5.06. The molecule has 0 aromatic carbocycles. The average molecular weight is 327 g/mol. The predicted molar refractivity (Wildman–Crippen MR) is 83.6 cm³/mol. The Balaban J connectivity index is 1.82. The number of thiophene rings is 1. The molecule has 0 saturated heterocycles. The van der Waals surface area contributed by atoms with Gasteiger partial charge >= 0.3 is 0 Å². The van der Waals surface area contributed by atoms with E-state index < -0.39 is 0 Å². The molecule has 0 bridgehead atoms. The van der Waals surface area contributed by atoms with Crippen LogP contribution < -0.4 is 0 Å². The van der Waals surface area contributed by atoms with E-state index in [1.807, 2.05) is 11.3 Å². The summed E-state index contributed by atoms with van der Waals surface area (Å²) in [6.45, 7) is 4.52. The van der Waals surface area contributed by atoms with Crippen molar-refractivity contribution in [1.29, 1.82) is 0 Å². The van der Waals surface area contributed by atoms with Crippen molar-refractivity contribution in [3.8, 4) is 0 Å². The van der Waals surface area contributed by atoms with Crippen LogP contribution in [0.15, 0.2) is 6.07 Å². The third kappa shape index (κ3) is 2.31. The first-order chi connectivity index (χ1) is 8.66. The molecule has 1 atom stereocenters. The molecule has 1 heterocycles. The van der Waals surface area contributed by atoms with Gasteiger partial charge in [0.05, 0.1) is 4.83 Å². The SMILES string of the molecule is Cc1cc(C)c(C(Br)C(C2CCC2)C2CCC2)s1. The van der Waals surface area contributed by atoms with Gasteiger partial charge in [-0.1, -0.05) is 54.5 Å². The molecule has 18 heavy (non-hydrogen) atoms. The summed E-state index contributed by atoms with van der Waals surface area (Å²) in [6, 6.07) is 2.35. The lowest BCUT2D eigenvalue weighted by Gasteiger charge is -2.45. The highest BCUT2D eigenvalue weighted by Crippen LogP contribution is 2.53. The molecule has 2 saturated carbocycles. The van der Waals surface area contributed by atoms with Gasteiger partial charge in [-0.2, -0.15) is 0 Å². The van der Waals surface area contributed by atoms with Crippen LogP contribution in [-0.4, -0.2) is 0 Å². The molecule has 1 unspecified atom stereocenters. The van der Waals surface area contributed by atoms with Crippen molar-refractivity contribution in [3.05, 3.63) is 21.4 Å². The zero-order valence-corrected chi connectivity index (χ0v) is 13.8. The van der Waals surface area contributed by atoms with E-state index in [-0.39, 0.29) is 0 Å². The molecular weight excluding hydrogens is 304 g/mol. The van der Waals surface area contributed by atoms with Gasteiger partial charge in [0, 0.05) is 9.75 Å². The zero-order valence-electron chi connectivity index (χ0n) is 11.4. The molecule has 2 aliphatic rings. The number of alkyl halides is 1. The normalized spacial score (nSPS) is 22.9. The first kappa shape index (κ1) is 13.2. The predicted octanol–water partition coefficient (Wildman–Crippen LogP) is 6.02.